The Hall–Kier alpha value is -1.46. The second kappa shape index (κ2) is 4.43. The van der Waals surface area contributed by atoms with Gasteiger partial charge < -0.3 is 10.3 Å². The van der Waals surface area contributed by atoms with Crippen LogP contribution in [0, 0.1) is 10.1 Å². The van der Waals surface area contributed by atoms with Gasteiger partial charge in [-0.15, -0.1) is 0 Å². The highest BCUT2D eigenvalue weighted by atomic mass is 79.9. The quantitative estimate of drug-likeness (QED) is 0.643. The smallest absolute Gasteiger partial charge is 0.285 e. The molecule has 2 heterocycles. The van der Waals surface area contributed by atoms with Gasteiger partial charge in [0.05, 0.1) is 9.24 Å². The van der Waals surface area contributed by atoms with Gasteiger partial charge >= 0.3 is 0 Å². The largest absolute Gasteiger partial charge is 0.754 e. The van der Waals surface area contributed by atoms with Crippen LogP contribution in [0.2, 0.25) is 0 Å². The summed E-state index contributed by atoms with van der Waals surface area (Å²) in [6, 6.07) is 0. The van der Waals surface area contributed by atoms with Gasteiger partial charge in [0, 0.05) is 23.6 Å². The van der Waals surface area contributed by atoms with Crippen LogP contribution in [0.15, 0.2) is 57.7 Å². The van der Waals surface area contributed by atoms with Crippen molar-refractivity contribution in [2.75, 3.05) is 0 Å². The number of nitrogens with zero attached hydrogens (tertiary/aromatic N) is 2. The van der Waals surface area contributed by atoms with Gasteiger partial charge in [-0.2, -0.15) is 0 Å². The molecule has 0 unspecified atom stereocenters. The predicted octanol–water partition coefficient (Wildman–Crippen LogP) is 3.45. The van der Waals surface area contributed by atoms with Crippen molar-refractivity contribution in [1.82, 2.24) is 5.06 Å². The lowest BCUT2D eigenvalue weighted by atomic mass is 10.1. The Kier molecular flexibility index (Phi) is 3.13. The maximum atomic E-state index is 12.0. The normalized spacial score (nSPS) is 24.6. The highest BCUT2D eigenvalue weighted by Crippen LogP contribution is 2.28. The van der Waals surface area contributed by atoms with E-state index in [-0.39, 0.29) is 0 Å². The third-order valence-electron chi connectivity index (χ3n) is 2.65. The van der Waals surface area contributed by atoms with Crippen molar-refractivity contribution in [1.29, 1.82) is 0 Å². The van der Waals surface area contributed by atoms with E-state index in [1.807, 2.05) is 0 Å². The van der Waals surface area contributed by atoms with E-state index in [0.717, 1.165) is 14.3 Å². The summed E-state index contributed by atoms with van der Waals surface area (Å²) in [6.45, 7) is 3.41. The van der Waals surface area contributed by atoms with Crippen LogP contribution in [0.5, 0.6) is 0 Å². The molecule has 0 radical (unpaired) electrons. The van der Waals surface area contributed by atoms with E-state index in [4.69, 9.17) is 0 Å². The topological polar surface area (TPSA) is 46.4 Å². The van der Waals surface area contributed by atoms with Crippen LogP contribution in [-0.4, -0.2) is 9.82 Å². The first-order valence-corrected chi connectivity index (χ1v) is 5.90. The molecule has 0 fully saturated rings. The zero-order valence-electron chi connectivity index (χ0n) is 9.48. The van der Waals surface area contributed by atoms with Crippen molar-refractivity contribution < 1.29 is 4.76 Å². The molecular weight excluding hydrogens is 284 g/mol. The monoisotopic (exact) mass is 294 g/mol. The Morgan fingerprint density at radius 1 is 1.29 bits per heavy atom. The molecule has 0 bridgehead atoms. The molecule has 0 aliphatic carbocycles. The van der Waals surface area contributed by atoms with Crippen LogP contribution in [0.1, 0.15) is 13.8 Å². The molecule has 0 atom stereocenters. The van der Waals surface area contributed by atoms with Crippen LogP contribution < -0.4 is 0 Å². The molecule has 0 saturated carbocycles. The molecule has 2 aliphatic rings. The molecular formula is C12H11BrN2O2. The summed E-state index contributed by atoms with van der Waals surface area (Å²) in [4.78, 5) is 12.0. The number of rotatable bonds is 0. The van der Waals surface area contributed by atoms with Crippen LogP contribution in [0.4, 0.5) is 0 Å². The zero-order valence-corrected chi connectivity index (χ0v) is 11.1. The van der Waals surface area contributed by atoms with Crippen molar-refractivity contribution >= 4 is 15.9 Å². The van der Waals surface area contributed by atoms with Crippen molar-refractivity contribution in [3.8, 4) is 0 Å². The fraction of sp³-hybridized carbons (Fsp3) is 0.167. The molecule has 0 amide bonds. The van der Waals surface area contributed by atoms with Crippen molar-refractivity contribution in [3.05, 3.63) is 67.8 Å². The molecule has 88 valence electrons. The summed E-state index contributed by atoms with van der Waals surface area (Å²) in [6.07, 6.45) is 8.50. The van der Waals surface area contributed by atoms with Gasteiger partial charge in [0.2, 0.25) is 0 Å². The first-order valence-electron chi connectivity index (χ1n) is 5.10. The van der Waals surface area contributed by atoms with Crippen molar-refractivity contribution in [2.45, 2.75) is 13.8 Å². The molecule has 0 spiro atoms. The molecule has 0 aromatic rings. The van der Waals surface area contributed by atoms with Gasteiger partial charge in [-0.3, -0.25) is 0 Å². The minimum absolute atomic E-state index is 0.351. The lowest BCUT2D eigenvalue weighted by Crippen LogP contribution is -2.20. The summed E-state index contributed by atoms with van der Waals surface area (Å²) in [5, 5.41) is 12.6. The second-order valence-corrected chi connectivity index (χ2v) is 4.65. The number of hydrogen-bond donors (Lipinski definition) is 0. The molecule has 17 heavy (non-hydrogen) atoms. The Morgan fingerprint density at radius 3 is 2.71 bits per heavy atom. The zero-order chi connectivity index (χ0) is 12.6. The van der Waals surface area contributed by atoms with Crippen LogP contribution in [0.25, 0.3) is 0 Å². The average Bonchev–Trinajstić information content (AvgIpc) is 2.31. The highest BCUT2D eigenvalue weighted by Gasteiger charge is 2.29. The van der Waals surface area contributed by atoms with E-state index in [9.17, 15) is 10.1 Å². The SMILES string of the molecule is CC1=CC=CC(=C2C=CC(Br)=C(C)[N+]2=O)N1[O-]. The summed E-state index contributed by atoms with van der Waals surface area (Å²) in [7, 11) is 0. The van der Waals surface area contributed by atoms with E-state index < -0.39 is 0 Å². The van der Waals surface area contributed by atoms with Crippen molar-refractivity contribution in [3.63, 3.8) is 0 Å². The molecule has 2 rings (SSSR count). The average molecular weight is 295 g/mol. The molecule has 4 nitrogen and oxygen atoms in total. The first kappa shape index (κ1) is 12.0. The standard InChI is InChI=1S/C12H11BrN2O2/c1-8-4-3-5-11(14(8)16)12-7-6-10(13)9(2)15(12)17/h3-7H,1-2H3. The Labute approximate surface area is 108 Å². The van der Waals surface area contributed by atoms with Crippen LogP contribution in [0.3, 0.4) is 0 Å². The first-order chi connectivity index (χ1) is 8.02. The third kappa shape index (κ3) is 2.03. The van der Waals surface area contributed by atoms with Gasteiger partial charge in [0.15, 0.2) is 0 Å². The molecule has 2 aliphatic heterocycles. The summed E-state index contributed by atoms with van der Waals surface area (Å²) in [5.74, 6) is 0. The number of hydroxylamine groups is 2. The van der Waals surface area contributed by atoms with Gasteiger partial charge in [0.25, 0.3) is 11.4 Å². The maximum Gasteiger partial charge on any atom is 0.285 e. The molecule has 0 aromatic carbocycles. The van der Waals surface area contributed by atoms with Crippen LogP contribution in [-0.2, 0) is 0 Å². The second-order valence-electron chi connectivity index (χ2n) is 3.79. The molecule has 5 heteroatoms. The fourth-order valence-corrected chi connectivity index (χ4v) is 1.89. The van der Waals surface area contributed by atoms with Crippen LogP contribution >= 0.6 is 15.9 Å². The number of halogens is 1. The Morgan fingerprint density at radius 2 is 2.00 bits per heavy atom. The van der Waals surface area contributed by atoms with Crippen molar-refractivity contribution in [2.24, 2.45) is 0 Å². The number of nitroso groups, excluding NO2 is 1. The Balaban J connectivity index is 2.50. The summed E-state index contributed by atoms with van der Waals surface area (Å²) in [5.41, 5.74) is 1.80. The fourth-order valence-electron chi connectivity index (χ4n) is 1.60. The lowest BCUT2D eigenvalue weighted by molar-refractivity contribution is -0.442. The Bertz CT molecular complexity index is 539. The van der Waals surface area contributed by atoms with E-state index in [0.29, 0.717) is 22.8 Å². The predicted molar refractivity (Wildman–Crippen MR) is 69.5 cm³/mol. The van der Waals surface area contributed by atoms with E-state index in [1.54, 1.807) is 44.2 Å². The van der Waals surface area contributed by atoms with Gasteiger partial charge in [-0.1, -0.05) is 6.08 Å². The molecule has 0 aromatic heterocycles. The molecule has 0 N–H and O–H groups in total. The number of hydrogen-bond acceptors (Lipinski definition) is 3. The van der Waals surface area contributed by atoms with E-state index in [1.165, 1.54) is 0 Å². The van der Waals surface area contributed by atoms with Gasteiger partial charge in [-0.05, 0) is 41.1 Å². The number of allylic oxidation sites excluding steroid dienone is 8. The molecule has 0 saturated heterocycles. The lowest BCUT2D eigenvalue weighted by Gasteiger charge is -2.33. The van der Waals surface area contributed by atoms with Gasteiger partial charge in [-0.25, -0.2) is 0 Å². The summed E-state index contributed by atoms with van der Waals surface area (Å²) < 4.78 is 1.48. The van der Waals surface area contributed by atoms with E-state index in [2.05, 4.69) is 15.9 Å². The summed E-state index contributed by atoms with van der Waals surface area (Å²) >= 11 is 3.28. The van der Waals surface area contributed by atoms with Gasteiger partial charge in [0.1, 0.15) is 5.70 Å². The van der Waals surface area contributed by atoms with E-state index >= 15 is 0 Å². The maximum absolute atomic E-state index is 12.0. The third-order valence-corrected chi connectivity index (χ3v) is 3.49. The minimum Gasteiger partial charge on any atom is -0.754 e. The minimum atomic E-state index is 0.351. The highest BCUT2D eigenvalue weighted by molar-refractivity contribution is 9.11.